The fraction of sp³-hybridized carbons (Fsp3) is 0.235. The number of amides is 1. The van der Waals surface area contributed by atoms with E-state index in [4.69, 9.17) is 4.74 Å². The van der Waals surface area contributed by atoms with Crippen LogP contribution in [0.1, 0.15) is 15.9 Å². The van der Waals surface area contributed by atoms with Gasteiger partial charge in [-0.25, -0.2) is 0 Å². The van der Waals surface area contributed by atoms with Crippen LogP contribution in [0.3, 0.4) is 0 Å². The minimum Gasteiger partial charge on any atom is -0.489 e. The van der Waals surface area contributed by atoms with Gasteiger partial charge in [0.1, 0.15) is 12.4 Å². The molecule has 0 aliphatic heterocycles. The van der Waals surface area contributed by atoms with Gasteiger partial charge in [0.05, 0.1) is 0 Å². The van der Waals surface area contributed by atoms with Crippen molar-refractivity contribution < 1.29 is 9.53 Å². The maximum absolute atomic E-state index is 12.2. The van der Waals surface area contributed by atoms with E-state index in [2.05, 4.69) is 5.32 Å². The van der Waals surface area contributed by atoms with Crippen LogP contribution in [0.4, 0.5) is 0 Å². The van der Waals surface area contributed by atoms with Crippen molar-refractivity contribution in [1.29, 1.82) is 0 Å². The molecule has 2 aromatic carbocycles. The summed E-state index contributed by atoms with van der Waals surface area (Å²) in [7, 11) is 0. The molecule has 2 rings (SSSR count). The lowest BCUT2D eigenvalue weighted by molar-refractivity contribution is 0.0953. The number of para-hydroxylation sites is 1. The highest BCUT2D eigenvalue weighted by molar-refractivity contribution is 7.98. The van der Waals surface area contributed by atoms with Crippen LogP contribution >= 0.6 is 11.8 Å². The summed E-state index contributed by atoms with van der Waals surface area (Å²) >= 11 is 1.71. The Balaban J connectivity index is 2.01. The first-order valence-electron chi connectivity index (χ1n) is 6.84. The van der Waals surface area contributed by atoms with Gasteiger partial charge in [0.15, 0.2) is 0 Å². The Morgan fingerprint density at radius 3 is 2.57 bits per heavy atom. The number of benzene rings is 2. The molecule has 1 amide bonds. The number of ether oxygens (including phenoxy) is 1. The molecule has 4 heteroatoms. The predicted molar refractivity (Wildman–Crippen MR) is 87.9 cm³/mol. The zero-order valence-electron chi connectivity index (χ0n) is 12.0. The van der Waals surface area contributed by atoms with E-state index >= 15 is 0 Å². The van der Waals surface area contributed by atoms with Gasteiger partial charge in [-0.05, 0) is 24.5 Å². The molecule has 0 unspecified atom stereocenters. The Hall–Kier alpha value is -1.94. The second kappa shape index (κ2) is 8.37. The first kappa shape index (κ1) is 15.4. The standard InChI is InChI=1S/C17H19NO2S/c1-21-12-11-18-17(19)16-10-6-5-7-14(16)13-20-15-8-3-2-4-9-15/h2-10H,11-13H2,1H3,(H,18,19). The molecule has 0 atom stereocenters. The molecule has 3 nitrogen and oxygen atoms in total. The van der Waals surface area contributed by atoms with Crippen LogP contribution < -0.4 is 10.1 Å². The lowest BCUT2D eigenvalue weighted by Gasteiger charge is -2.11. The topological polar surface area (TPSA) is 38.3 Å². The van der Waals surface area contributed by atoms with Gasteiger partial charge < -0.3 is 10.1 Å². The van der Waals surface area contributed by atoms with Crippen molar-refractivity contribution >= 4 is 17.7 Å². The van der Waals surface area contributed by atoms with Crippen molar-refractivity contribution in [1.82, 2.24) is 5.32 Å². The minimum absolute atomic E-state index is 0.0451. The molecule has 0 fully saturated rings. The molecule has 0 saturated heterocycles. The first-order chi connectivity index (χ1) is 10.3. The number of thioether (sulfide) groups is 1. The zero-order chi connectivity index (χ0) is 14.9. The third-order valence-corrected chi connectivity index (χ3v) is 3.60. The molecule has 110 valence electrons. The normalized spacial score (nSPS) is 10.1. The molecule has 0 bridgehead atoms. The molecule has 0 aromatic heterocycles. The average Bonchev–Trinajstić information content (AvgIpc) is 2.54. The monoisotopic (exact) mass is 301 g/mol. The summed E-state index contributed by atoms with van der Waals surface area (Å²) in [6.45, 7) is 1.06. The zero-order valence-corrected chi connectivity index (χ0v) is 12.9. The second-order valence-electron chi connectivity index (χ2n) is 4.51. The molecule has 0 radical (unpaired) electrons. The van der Waals surface area contributed by atoms with Gasteiger partial charge in [-0.15, -0.1) is 0 Å². The summed E-state index contributed by atoms with van der Waals surface area (Å²) in [4.78, 5) is 12.2. The van der Waals surface area contributed by atoms with Crippen LogP contribution in [-0.2, 0) is 6.61 Å². The summed E-state index contributed by atoms with van der Waals surface area (Å²) in [6, 6.07) is 17.2. The summed E-state index contributed by atoms with van der Waals surface area (Å²) in [5.74, 6) is 1.67. The fourth-order valence-electron chi connectivity index (χ4n) is 1.91. The van der Waals surface area contributed by atoms with Crippen molar-refractivity contribution in [3.8, 4) is 5.75 Å². The van der Waals surface area contributed by atoms with Crippen molar-refractivity contribution in [2.75, 3.05) is 18.6 Å². The van der Waals surface area contributed by atoms with Crippen LogP contribution in [0.5, 0.6) is 5.75 Å². The van der Waals surface area contributed by atoms with Gasteiger partial charge in [-0.1, -0.05) is 36.4 Å². The van der Waals surface area contributed by atoms with E-state index in [9.17, 15) is 4.79 Å². The Morgan fingerprint density at radius 1 is 1.10 bits per heavy atom. The van der Waals surface area contributed by atoms with Gasteiger partial charge in [-0.2, -0.15) is 11.8 Å². The lowest BCUT2D eigenvalue weighted by atomic mass is 10.1. The van der Waals surface area contributed by atoms with Crippen LogP contribution in [0.25, 0.3) is 0 Å². The van der Waals surface area contributed by atoms with E-state index in [0.29, 0.717) is 18.7 Å². The summed E-state index contributed by atoms with van der Waals surface area (Å²) in [6.07, 6.45) is 2.02. The third kappa shape index (κ3) is 4.83. The van der Waals surface area contributed by atoms with Crippen molar-refractivity contribution in [2.45, 2.75) is 6.61 Å². The van der Waals surface area contributed by atoms with E-state index in [1.807, 2.05) is 60.9 Å². The average molecular weight is 301 g/mol. The largest absolute Gasteiger partial charge is 0.489 e. The molecule has 0 saturated carbocycles. The summed E-state index contributed by atoms with van der Waals surface area (Å²) in [5.41, 5.74) is 1.57. The van der Waals surface area contributed by atoms with Gasteiger partial charge in [-0.3, -0.25) is 4.79 Å². The SMILES string of the molecule is CSCCNC(=O)c1ccccc1COc1ccccc1. The summed E-state index contributed by atoms with van der Waals surface area (Å²) < 4.78 is 5.72. The maximum Gasteiger partial charge on any atom is 0.251 e. The smallest absolute Gasteiger partial charge is 0.251 e. The number of hydrogen-bond donors (Lipinski definition) is 1. The van der Waals surface area contributed by atoms with Gasteiger partial charge >= 0.3 is 0 Å². The van der Waals surface area contributed by atoms with Crippen LogP contribution in [0.15, 0.2) is 54.6 Å². The first-order valence-corrected chi connectivity index (χ1v) is 8.23. The molecule has 0 aliphatic rings. The van der Waals surface area contributed by atoms with Gasteiger partial charge in [0, 0.05) is 23.4 Å². The van der Waals surface area contributed by atoms with Crippen LogP contribution in [0, 0.1) is 0 Å². The molecule has 0 spiro atoms. The minimum atomic E-state index is -0.0451. The molecule has 0 heterocycles. The Morgan fingerprint density at radius 2 is 1.81 bits per heavy atom. The second-order valence-corrected chi connectivity index (χ2v) is 5.49. The van der Waals surface area contributed by atoms with Crippen LogP contribution in [0.2, 0.25) is 0 Å². The molecular weight excluding hydrogens is 282 g/mol. The maximum atomic E-state index is 12.2. The fourth-order valence-corrected chi connectivity index (χ4v) is 2.21. The van der Waals surface area contributed by atoms with E-state index < -0.39 is 0 Å². The highest BCUT2D eigenvalue weighted by Gasteiger charge is 2.10. The third-order valence-electron chi connectivity index (χ3n) is 2.99. The molecule has 21 heavy (non-hydrogen) atoms. The Kier molecular flexibility index (Phi) is 6.16. The molecule has 0 aliphatic carbocycles. The van der Waals surface area contributed by atoms with Crippen molar-refractivity contribution in [3.63, 3.8) is 0 Å². The van der Waals surface area contributed by atoms with Gasteiger partial charge in [0.2, 0.25) is 0 Å². The van der Waals surface area contributed by atoms with Gasteiger partial charge in [0.25, 0.3) is 5.91 Å². The highest BCUT2D eigenvalue weighted by atomic mass is 32.2. The Bertz CT molecular complexity index is 572. The molecule has 1 N–H and O–H groups in total. The van der Waals surface area contributed by atoms with E-state index in [1.165, 1.54) is 0 Å². The molecule has 2 aromatic rings. The number of nitrogens with one attached hydrogen (secondary N) is 1. The number of rotatable bonds is 7. The number of hydrogen-bond acceptors (Lipinski definition) is 3. The highest BCUT2D eigenvalue weighted by Crippen LogP contribution is 2.14. The van der Waals surface area contributed by atoms with Crippen molar-refractivity contribution in [3.05, 3.63) is 65.7 Å². The predicted octanol–water partition coefficient (Wildman–Crippen LogP) is 3.36. The summed E-state index contributed by atoms with van der Waals surface area (Å²) in [5, 5.41) is 2.92. The number of carbonyl (C=O) groups excluding carboxylic acids is 1. The lowest BCUT2D eigenvalue weighted by Crippen LogP contribution is -2.26. The Labute approximate surface area is 129 Å². The van der Waals surface area contributed by atoms with Crippen molar-refractivity contribution in [2.24, 2.45) is 0 Å². The number of carbonyl (C=O) groups is 1. The van der Waals surface area contributed by atoms with E-state index in [1.54, 1.807) is 11.8 Å². The quantitative estimate of drug-likeness (QED) is 0.797. The van der Waals surface area contributed by atoms with E-state index in [0.717, 1.165) is 17.1 Å². The van der Waals surface area contributed by atoms with Crippen LogP contribution in [-0.4, -0.2) is 24.5 Å². The molecular formula is C17H19NO2S. The van der Waals surface area contributed by atoms with E-state index in [-0.39, 0.29) is 5.91 Å².